The molecule has 3 nitrogen and oxygen atoms in total. The molecule has 0 bridgehead atoms. The van der Waals surface area contributed by atoms with Crippen LogP contribution in [0.1, 0.15) is 35.8 Å². The molecular weight excluding hydrogens is 200 g/mol. The molecule has 88 valence electrons. The van der Waals surface area contributed by atoms with E-state index in [4.69, 9.17) is 0 Å². The second-order valence-electron chi connectivity index (χ2n) is 4.54. The van der Waals surface area contributed by atoms with Gasteiger partial charge < -0.3 is 9.47 Å². The third-order valence-corrected chi connectivity index (χ3v) is 3.46. The molecule has 1 aromatic heterocycles. The molecule has 0 unspecified atom stereocenters. The maximum atomic E-state index is 11.7. The van der Waals surface area contributed by atoms with Crippen molar-refractivity contribution in [2.75, 3.05) is 20.1 Å². The van der Waals surface area contributed by atoms with E-state index in [2.05, 4.69) is 29.6 Å². The summed E-state index contributed by atoms with van der Waals surface area (Å²) in [7, 11) is 2.13. The van der Waals surface area contributed by atoms with E-state index in [1.165, 1.54) is 5.69 Å². The first-order valence-electron chi connectivity index (χ1n) is 6.12. The van der Waals surface area contributed by atoms with Crippen LogP contribution in [-0.4, -0.2) is 35.4 Å². The summed E-state index contributed by atoms with van der Waals surface area (Å²) in [5.41, 5.74) is 2.21. The zero-order valence-corrected chi connectivity index (χ0v) is 10.2. The van der Waals surface area contributed by atoms with Gasteiger partial charge in [-0.1, -0.05) is 6.92 Å². The van der Waals surface area contributed by atoms with Gasteiger partial charge in [0.15, 0.2) is 5.78 Å². The zero-order valence-electron chi connectivity index (χ0n) is 10.2. The second-order valence-corrected chi connectivity index (χ2v) is 4.54. The predicted molar refractivity (Wildman–Crippen MR) is 64.9 cm³/mol. The molecule has 0 atom stereocenters. The van der Waals surface area contributed by atoms with Crippen molar-refractivity contribution in [1.29, 1.82) is 0 Å². The van der Waals surface area contributed by atoms with Crippen molar-refractivity contribution in [2.45, 2.75) is 32.7 Å². The molecule has 0 saturated heterocycles. The van der Waals surface area contributed by atoms with Crippen molar-refractivity contribution in [2.24, 2.45) is 0 Å². The Hall–Kier alpha value is -1.09. The Morgan fingerprint density at radius 2 is 2.25 bits per heavy atom. The van der Waals surface area contributed by atoms with Crippen LogP contribution >= 0.6 is 0 Å². The monoisotopic (exact) mass is 220 g/mol. The lowest BCUT2D eigenvalue weighted by atomic mass is 9.97. The summed E-state index contributed by atoms with van der Waals surface area (Å²) in [5, 5.41) is 0. The van der Waals surface area contributed by atoms with Crippen LogP contribution in [0.15, 0.2) is 12.3 Å². The van der Waals surface area contributed by atoms with Crippen LogP contribution in [0.4, 0.5) is 0 Å². The molecule has 0 fully saturated rings. The fourth-order valence-corrected chi connectivity index (χ4v) is 2.23. The van der Waals surface area contributed by atoms with Crippen LogP contribution in [0.3, 0.4) is 0 Å². The largest absolute Gasteiger partial charge is 0.349 e. The van der Waals surface area contributed by atoms with E-state index in [9.17, 15) is 4.79 Å². The van der Waals surface area contributed by atoms with Gasteiger partial charge in [-0.2, -0.15) is 0 Å². The van der Waals surface area contributed by atoms with Crippen molar-refractivity contribution < 1.29 is 4.79 Å². The smallest absolute Gasteiger partial charge is 0.164 e. The quantitative estimate of drug-likeness (QED) is 0.775. The number of Topliss-reactive ketones (excluding diaryl/α,β-unsaturated/α-hetero) is 1. The minimum atomic E-state index is 0.323. The molecule has 1 aromatic rings. The van der Waals surface area contributed by atoms with E-state index in [0.29, 0.717) is 5.78 Å². The van der Waals surface area contributed by atoms with E-state index in [0.717, 1.165) is 44.5 Å². The topological polar surface area (TPSA) is 25.2 Å². The molecule has 0 radical (unpaired) electrons. The lowest BCUT2D eigenvalue weighted by Gasteiger charge is -2.18. The molecule has 1 aliphatic carbocycles. The fourth-order valence-electron chi connectivity index (χ4n) is 2.23. The van der Waals surface area contributed by atoms with Crippen LogP contribution in [0.2, 0.25) is 0 Å². The molecule has 0 spiro atoms. The summed E-state index contributed by atoms with van der Waals surface area (Å²) in [6.07, 6.45) is 4.87. The third kappa shape index (κ3) is 2.19. The molecule has 0 aliphatic heterocycles. The van der Waals surface area contributed by atoms with Gasteiger partial charge in [-0.15, -0.1) is 0 Å². The molecule has 0 aromatic carbocycles. The van der Waals surface area contributed by atoms with Gasteiger partial charge in [-0.25, -0.2) is 0 Å². The molecule has 2 rings (SSSR count). The number of carbonyl (C=O) groups excluding carboxylic acids is 1. The highest BCUT2D eigenvalue weighted by Gasteiger charge is 2.20. The number of fused-ring (bicyclic) bond motifs is 1. The molecule has 0 N–H and O–H groups in total. The Labute approximate surface area is 97.1 Å². The van der Waals surface area contributed by atoms with Gasteiger partial charge in [0.25, 0.3) is 0 Å². The van der Waals surface area contributed by atoms with E-state index < -0.39 is 0 Å². The number of carbonyl (C=O) groups is 1. The Balaban J connectivity index is 2.08. The Morgan fingerprint density at radius 1 is 1.44 bits per heavy atom. The number of likely N-dealkylation sites (N-methyl/N-ethyl adjacent to an activating group) is 1. The van der Waals surface area contributed by atoms with Gasteiger partial charge in [0.2, 0.25) is 0 Å². The predicted octanol–water partition coefficient (Wildman–Crippen LogP) is 1.96. The van der Waals surface area contributed by atoms with Crippen molar-refractivity contribution in [3.8, 4) is 0 Å². The molecule has 0 amide bonds. The van der Waals surface area contributed by atoms with E-state index in [1.807, 2.05) is 6.07 Å². The summed E-state index contributed by atoms with van der Waals surface area (Å²) < 4.78 is 2.25. The lowest BCUT2D eigenvalue weighted by Crippen LogP contribution is -2.24. The molecule has 16 heavy (non-hydrogen) atoms. The van der Waals surface area contributed by atoms with Crippen molar-refractivity contribution in [3.63, 3.8) is 0 Å². The normalized spacial score (nSPS) is 15.6. The first-order chi connectivity index (χ1) is 7.72. The molecule has 0 saturated carbocycles. The summed E-state index contributed by atoms with van der Waals surface area (Å²) in [6.45, 7) is 5.27. The van der Waals surface area contributed by atoms with Crippen molar-refractivity contribution in [3.05, 3.63) is 23.5 Å². The summed E-state index contributed by atoms with van der Waals surface area (Å²) >= 11 is 0. The minimum Gasteiger partial charge on any atom is -0.349 e. The van der Waals surface area contributed by atoms with Gasteiger partial charge in [-0.3, -0.25) is 4.79 Å². The average Bonchev–Trinajstić information content (AvgIpc) is 2.70. The molecule has 1 aliphatic rings. The number of hydrogen-bond donors (Lipinski definition) is 0. The number of ketones is 1. The first kappa shape index (κ1) is 11.4. The Bertz CT molecular complexity index is 381. The van der Waals surface area contributed by atoms with Gasteiger partial charge >= 0.3 is 0 Å². The first-order valence-corrected chi connectivity index (χ1v) is 6.12. The zero-order chi connectivity index (χ0) is 11.5. The van der Waals surface area contributed by atoms with Crippen LogP contribution in [0, 0.1) is 0 Å². The van der Waals surface area contributed by atoms with Gasteiger partial charge in [-0.05, 0) is 32.5 Å². The number of aromatic nitrogens is 1. The van der Waals surface area contributed by atoms with Crippen molar-refractivity contribution >= 4 is 5.78 Å². The number of hydrogen-bond acceptors (Lipinski definition) is 2. The van der Waals surface area contributed by atoms with Crippen LogP contribution in [0.25, 0.3) is 0 Å². The van der Waals surface area contributed by atoms with Gasteiger partial charge in [0, 0.05) is 37.0 Å². The maximum absolute atomic E-state index is 11.7. The standard InChI is InChI=1S/C13H20N2O/c1-3-14(2)9-10-15-8-7-11-12(15)5-4-6-13(11)16/h7-8H,3-6,9-10H2,1-2H3. The fraction of sp³-hybridized carbons (Fsp3) is 0.615. The molecular formula is C13H20N2O. The highest BCUT2D eigenvalue weighted by atomic mass is 16.1. The second kappa shape index (κ2) is 4.83. The van der Waals surface area contributed by atoms with Gasteiger partial charge in [0.1, 0.15) is 0 Å². The SMILES string of the molecule is CCN(C)CCn1ccc2c1CCCC2=O. The van der Waals surface area contributed by atoms with Crippen LogP contribution in [-0.2, 0) is 13.0 Å². The van der Waals surface area contributed by atoms with Gasteiger partial charge in [0.05, 0.1) is 0 Å². The average molecular weight is 220 g/mol. The van der Waals surface area contributed by atoms with Crippen LogP contribution < -0.4 is 0 Å². The van der Waals surface area contributed by atoms with Crippen molar-refractivity contribution in [1.82, 2.24) is 9.47 Å². The number of nitrogens with zero attached hydrogens (tertiary/aromatic N) is 2. The summed E-state index contributed by atoms with van der Waals surface area (Å²) in [6, 6.07) is 1.99. The highest BCUT2D eigenvalue weighted by molar-refractivity contribution is 5.98. The summed E-state index contributed by atoms with van der Waals surface area (Å²) in [5.74, 6) is 0.323. The lowest BCUT2D eigenvalue weighted by molar-refractivity contribution is 0.0971. The Kier molecular flexibility index (Phi) is 3.44. The summed E-state index contributed by atoms with van der Waals surface area (Å²) in [4.78, 5) is 14.0. The molecule has 3 heteroatoms. The number of rotatable bonds is 4. The van der Waals surface area contributed by atoms with E-state index in [-0.39, 0.29) is 0 Å². The van der Waals surface area contributed by atoms with Crippen LogP contribution in [0.5, 0.6) is 0 Å². The van der Waals surface area contributed by atoms with E-state index >= 15 is 0 Å². The minimum absolute atomic E-state index is 0.323. The van der Waals surface area contributed by atoms with E-state index in [1.54, 1.807) is 0 Å². The highest BCUT2D eigenvalue weighted by Crippen LogP contribution is 2.22. The molecule has 1 heterocycles. The Morgan fingerprint density at radius 3 is 3.00 bits per heavy atom. The maximum Gasteiger partial charge on any atom is 0.164 e. The third-order valence-electron chi connectivity index (χ3n) is 3.46.